The molecule has 0 unspecified atom stereocenters. The highest BCUT2D eigenvalue weighted by molar-refractivity contribution is 5.37. The summed E-state index contributed by atoms with van der Waals surface area (Å²) in [6.07, 6.45) is 1.56. The second kappa shape index (κ2) is 6.42. The minimum absolute atomic E-state index is 0.339. The molecule has 0 radical (unpaired) electrons. The molecule has 0 aliphatic rings. The molecule has 0 saturated carbocycles. The van der Waals surface area contributed by atoms with Gasteiger partial charge < -0.3 is 10.5 Å². The van der Waals surface area contributed by atoms with Crippen molar-refractivity contribution in [1.29, 1.82) is 0 Å². The van der Waals surface area contributed by atoms with Crippen molar-refractivity contribution in [3.8, 4) is 5.82 Å². The zero-order valence-electron chi connectivity index (χ0n) is 12.1. The predicted molar refractivity (Wildman–Crippen MR) is 75.4 cm³/mol. The molecule has 108 valence electrons. The van der Waals surface area contributed by atoms with Crippen LogP contribution in [0.3, 0.4) is 0 Å². The third-order valence-corrected chi connectivity index (χ3v) is 2.78. The largest absolute Gasteiger partial charge is 0.384 e. The van der Waals surface area contributed by atoms with E-state index in [2.05, 4.69) is 20.1 Å². The van der Waals surface area contributed by atoms with Crippen LogP contribution in [0.5, 0.6) is 0 Å². The monoisotopic (exact) mass is 276 g/mol. The third kappa shape index (κ3) is 3.11. The van der Waals surface area contributed by atoms with Crippen LogP contribution >= 0.6 is 0 Å². The molecule has 0 spiro atoms. The average Bonchev–Trinajstić information content (AvgIpc) is 2.88. The number of rotatable bonds is 6. The maximum Gasteiger partial charge on any atom is 0.161 e. The summed E-state index contributed by atoms with van der Waals surface area (Å²) >= 11 is 0. The molecular formula is C13H20N6O. The molecule has 0 aromatic carbocycles. The van der Waals surface area contributed by atoms with Crippen molar-refractivity contribution in [2.45, 2.75) is 40.2 Å². The van der Waals surface area contributed by atoms with Gasteiger partial charge in [0.2, 0.25) is 0 Å². The van der Waals surface area contributed by atoms with E-state index in [0.717, 1.165) is 24.5 Å². The summed E-state index contributed by atoms with van der Waals surface area (Å²) in [4.78, 5) is 13.1. The Bertz CT molecular complexity index is 580. The van der Waals surface area contributed by atoms with Gasteiger partial charge in [-0.05, 0) is 6.92 Å². The van der Waals surface area contributed by atoms with Crippen molar-refractivity contribution >= 4 is 5.82 Å². The van der Waals surface area contributed by atoms with Crippen LogP contribution in [0.25, 0.3) is 5.82 Å². The first kappa shape index (κ1) is 14.4. The molecule has 0 aliphatic heterocycles. The molecule has 2 rings (SSSR count). The van der Waals surface area contributed by atoms with E-state index < -0.39 is 0 Å². The third-order valence-electron chi connectivity index (χ3n) is 2.78. The van der Waals surface area contributed by atoms with E-state index >= 15 is 0 Å². The maximum atomic E-state index is 5.83. The summed E-state index contributed by atoms with van der Waals surface area (Å²) in [7, 11) is 0. The molecule has 0 fully saturated rings. The van der Waals surface area contributed by atoms with Crippen molar-refractivity contribution in [2.24, 2.45) is 0 Å². The number of aromatic nitrogens is 5. The topological polar surface area (TPSA) is 91.7 Å². The fraction of sp³-hybridized carbons (Fsp3) is 0.538. The van der Waals surface area contributed by atoms with Crippen LogP contribution in [0.1, 0.15) is 38.2 Å². The van der Waals surface area contributed by atoms with Gasteiger partial charge in [0.05, 0.1) is 0 Å². The highest BCUT2D eigenvalue weighted by Crippen LogP contribution is 2.12. The summed E-state index contributed by atoms with van der Waals surface area (Å²) in [6, 6.07) is 1.70. The van der Waals surface area contributed by atoms with Crippen molar-refractivity contribution in [1.82, 2.24) is 24.7 Å². The number of aryl methyl sites for hydroxylation is 2. The van der Waals surface area contributed by atoms with Crippen LogP contribution in [0.15, 0.2) is 6.07 Å². The number of ether oxygens (including phenoxy) is 1. The van der Waals surface area contributed by atoms with Crippen LogP contribution in [0, 0.1) is 0 Å². The van der Waals surface area contributed by atoms with Crippen LogP contribution in [-0.4, -0.2) is 31.3 Å². The minimum atomic E-state index is 0.339. The van der Waals surface area contributed by atoms with Crippen molar-refractivity contribution in [3.63, 3.8) is 0 Å². The van der Waals surface area contributed by atoms with E-state index in [0.29, 0.717) is 30.7 Å². The molecule has 0 atom stereocenters. The van der Waals surface area contributed by atoms with Gasteiger partial charge in [0.1, 0.15) is 18.2 Å². The first-order chi connectivity index (χ1) is 9.67. The molecule has 2 heterocycles. The fourth-order valence-electron chi connectivity index (χ4n) is 1.82. The Morgan fingerprint density at radius 3 is 2.55 bits per heavy atom. The van der Waals surface area contributed by atoms with Gasteiger partial charge in [-0.2, -0.15) is 4.68 Å². The Morgan fingerprint density at radius 2 is 1.90 bits per heavy atom. The number of anilines is 1. The zero-order chi connectivity index (χ0) is 14.5. The normalized spacial score (nSPS) is 10.9. The second-order valence-electron chi connectivity index (χ2n) is 4.27. The molecule has 2 N–H and O–H groups in total. The van der Waals surface area contributed by atoms with Crippen molar-refractivity contribution in [2.75, 3.05) is 12.3 Å². The lowest BCUT2D eigenvalue weighted by Crippen LogP contribution is -2.10. The van der Waals surface area contributed by atoms with Crippen LogP contribution in [-0.2, 0) is 24.2 Å². The van der Waals surface area contributed by atoms with Gasteiger partial charge in [0.15, 0.2) is 17.5 Å². The van der Waals surface area contributed by atoms with Crippen LogP contribution in [0.2, 0.25) is 0 Å². The van der Waals surface area contributed by atoms with E-state index in [1.165, 1.54) is 0 Å². The van der Waals surface area contributed by atoms with Crippen LogP contribution in [0.4, 0.5) is 5.82 Å². The number of nitrogens with two attached hydrogens (primary N) is 1. The Labute approximate surface area is 118 Å². The Hall–Kier alpha value is -2.02. The Balaban J connectivity index is 2.40. The highest BCUT2D eigenvalue weighted by atomic mass is 16.5. The quantitative estimate of drug-likeness (QED) is 0.855. The number of hydrogen-bond donors (Lipinski definition) is 1. The Kier molecular flexibility index (Phi) is 4.62. The Morgan fingerprint density at radius 1 is 1.10 bits per heavy atom. The van der Waals surface area contributed by atoms with Gasteiger partial charge in [-0.15, -0.1) is 5.10 Å². The molecule has 2 aromatic rings. The zero-order valence-corrected chi connectivity index (χ0v) is 12.1. The summed E-state index contributed by atoms with van der Waals surface area (Å²) < 4.78 is 7.05. The summed E-state index contributed by atoms with van der Waals surface area (Å²) in [5.41, 5.74) is 5.83. The van der Waals surface area contributed by atoms with Crippen molar-refractivity contribution < 1.29 is 4.74 Å². The first-order valence-electron chi connectivity index (χ1n) is 6.84. The van der Waals surface area contributed by atoms with E-state index in [-0.39, 0.29) is 0 Å². The standard InChI is InChI=1S/C13H20N6O/c1-4-10-16-12(5-2)19(18-10)13-7-9(14)15-11(17-13)8-20-6-3/h7H,4-6,8H2,1-3H3,(H2,14,15,17). The fourth-order valence-corrected chi connectivity index (χ4v) is 1.82. The average molecular weight is 276 g/mol. The van der Waals surface area contributed by atoms with Gasteiger partial charge in [-0.3, -0.25) is 0 Å². The van der Waals surface area contributed by atoms with E-state index in [1.807, 2.05) is 20.8 Å². The summed E-state index contributed by atoms with van der Waals surface area (Å²) in [5, 5.41) is 4.45. The molecule has 0 amide bonds. The highest BCUT2D eigenvalue weighted by Gasteiger charge is 2.12. The molecule has 7 nitrogen and oxygen atoms in total. The lowest BCUT2D eigenvalue weighted by Gasteiger charge is -2.07. The van der Waals surface area contributed by atoms with Gasteiger partial charge >= 0.3 is 0 Å². The molecule has 20 heavy (non-hydrogen) atoms. The first-order valence-corrected chi connectivity index (χ1v) is 6.84. The van der Waals surface area contributed by atoms with Gasteiger partial charge in [0.25, 0.3) is 0 Å². The molecule has 0 aliphatic carbocycles. The maximum absolute atomic E-state index is 5.83. The molecule has 0 saturated heterocycles. The number of nitrogen functional groups attached to an aromatic ring is 1. The van der Waals surface area contributed by atoms with Gasteiger partial charge in [-0.25, -0.2) is 15.0 Å². The number of hydrogen-bond acceptors (Lipinski definition) is 6. The van der Waals surface area contributed by atoms with E-state index in [9.17, 15) is 0 Å². The van der Waals surface area contributed by atoms with E-state index in [4.69, 9.17) is 10.5 Å². The molecule has 0 bridgehead atoms. The SMILES string of the molecule is CCOCc1nc(N)cc(-n2nc(CC)nc2CC)n1. The molecule has 7 heteroatoms. The lowest BCUT2D eigenvalue weighted by molar-refractivity contribution is 0.128. The summed E-state index contributed by atoms with van der Waals surface area (Å²) in [5.74, 6) is 3.25. The van der Waals surface area contributed by atoms with Gasteiger partial charge in [0, 0.05) is 25.5 Å². The number of nitrogens with zero attached hydrogens (tertiary/aromatic N) is 5. The molecule has 2 aromatic heterocycles. The smallest absolute Gasteiger partial charge is 0.161 e. The second-order valence-corrected chi connectivity index (χ2v) is 4.27. The van der Waals surface area contributed by atoms with E-state index in [1.54, 1.807) is 10.7 Å². The molecular weight excluding hydrogens is 256 g/mol. The minimum Gasteiger partial charge on any atom is -0.384 e. The predicted octanol–water partition coefficient (Wildman–Crippen LogP) is 1.30. The lowest BCUT2D eigenvalue weighted by atomic mass is 10.4. The van der Waals surface area contributed by atoms with Crippen LogP contribution < -0.4 is 5.73 Å². The van der Waals surface area contributed by atoms with Crippen molar-refractivity contribution in [3.05, 3.63) is 23.5 Å². The summed E-state index contributed by atoms with van der Waals surface area (Å²) in [6.45, 7) is 6.93. The van der Waals surface area contributed by atoms with Gasteiger partial charge in [-0.1, -0.05) is 13.8 Å².